The minimum absolute atomic E-state index is 0.314. The van der Waals surface area contributed by atoms with Crippen LogP contribution in [0.4, 0.5) is 8.78 Å². The summed E-state index contributed by atoms with van der Waals surface area (Å²) in [5.74, 6) is -0.317. The predicted molar refractivity (Wildman–Crippen MR) is 57.6 cm³/mol. The van der Waals surface area contributed by atoms with Crippen LogP contribution in [-0.2, 0) is 6.42 Å². The summed E-state index contributed by atoms with van der Waals surface area (Å²) in [7, 11) is 0. The molecule has 1 atom stereocenters. The van der Waals surface area contributed by atoms with E-state index in [4.69, 9.17) is 0 Å². The second-order valence-electron chi connectivity index (χ2n) is 3.37. The van der Waals surface area contributed by atoms with Gasteiger partial charge in [-0.3, -0.25) is 0 Å². The van der Waals surface area contributed by atoms with Crippen LogP contribution < -0.4 is 0 Å². The van der Waals surface area contributed by atoms with Crippen LogP contribution in [0.2, 0.25) is 0 Å². The number of alkyl halides is 1. The molecule has 0 radical (unpaired) electrons. The van der Waals surface area contributed by atoms with E-state index < -0.39 is 0 Å². The summed E-state index contributed by atoms with van der Waals surface area (Å²) < 4.78 is 26.0. The molecule has 0 amide bonds. The Hall–Kier alpha value is -0.440. The van der Waals surface area contributed by atoms with E-state index in [0.29, 0.717) is 17.9 Å². The highest BCUT2D eigenvalue weighted by atomic mass is 79.9. The van der Waals surface area contributed by atoms with Crippen molar-refractivity contribution < 1.29 is 8.78 Å². The van der Waals surface area contributed by atoms with Crippen molar-refractivity contribution in [1.29, 1.82) is 0 Å². The smallest absolute Gasteiger partial charge is 0.126 e. The quantitative estimate of drug-likeness (QED) is 0.722. The monoisotopic (exact) mass is 262 g/mol. The van der Waals surface area contributed by atoms with E-state index in [0.717, 1.165) is 17.8 Å². The number of rotatable bonds is 4. The molecule has 0 aliphatic rings. The van der Waals surface area contributed by atoms with E-state index in [2.05, 4.69) is 15.9 Å². The van der Waals surface area contributed by atoms with Gasteiger partial charge in [-0.1, -0.05) is 29.3 Å². The highest BCUT2D eigenvalue weighted by Crippen LogP contribution is 2.18. The fraction of sp³-hybridized carbons (Fsp3) is 0.455. The van der Waals surface area contributed by atoms with Crippen LogP contribution in [-0.4, -0.2) is 5.33 Å². The van der Waals surface area contributed by atoms with E-state index in [9.17, 15) is 8.78 Å². The minimum atomic E-state index is -0.370. The lowest BCUT2D eigenvalue weighted by molar-refractivity contribution is 0.531. The Kier molecular flexibility index (Phi) is 4.52. The van der Waals surface area contributed by atoms with Crippen molar-refractivity contribution in [3.05, 3.63) is 35.4 Å². The van der Waals surface area contributed by atoms with Crippen LogP contribution in [0.25, 0.3) is 0 Å². The third-order valence-corrected chi connectivity index (χ3v) is 3.23. The normalized spacial score (nSPS) is 12.9. The summed E-state index contributed by atoms with van der Waals surface area (Å²) in [6, 6.07) is 3.61. The summed E-state index contributed by atoms with van der Waals surface area (Å²) in [5.41, 5.74) is 0.469. The molecule has 0 nitrogen and oxygen atoms in total. The lowest BCUT2D eigenvalue weighted by atomic mass is 9.98. The zero-order chi connectivity index (χ0) is 10.6. The van der Waals surface area contributed by atoms with E-state index in [1.165, 1.54) is 12.1 Å². The largest absolute Gasteiger partial charge is 0.207 e. The molecule has 0 fully saturated rings. The maximum absolute atomic E-state index is 13.2. The van der Waals surface area contributed by atoms with Crippen molar-refractivity contribution in [2.24, 2.45) is 5.92 Å². The van der Waals surface area contributed by atoms with Gasteiger partial charge < -0.3 is 0 Å². The maximum atomic E-state index is 13.2. The summed E-state index contributed by atoms with van der Waals surface area (Å²) in [6.07, 6.45) is 1.55. The van der Waals surface area contributed by atoms with Crippen LogP contribution >= 0.6 is 15.9 Å². The Balaban J connectivity index is 2.79. The molecule has 14 heavy (non-hydrogen) atoms. The second-order valence-corrected chi connectivity index (χ2v) is 4.02. The molecule has 1 unspecified atom stereocenters. The molecule has 0 aromatic heterocycles. The van der Waals surface area contributed by atoms with Gasteiger partial charge in [0.1, 0.15) is 11.6 Å². The number of benzene rings is 1. The SMILES string of the molecule is CCC(CBr)Cc1cc(F)ccc1F. The van der Waals surface area contributed by atoms with Gasteiger partial charge in [-0.2, -0.15) is 0 Å². The van der Waals surface area contributed by atoms with Gasteiger partial charge in [-0.15, -0.1) is 0 Å². The van der Waals surface area contributed by atoms with Gasteiger partial charge in [0.2, 0.25) is 0 Å². The zero-order valence-electron chi connectivity index (χ0n) is 8.06. The van der Waals surface area contributed by atoms with Gasteiger partial charge in [0, 0.05) is 5.33 Å². The van der Waals surface area contributed by atoms with Gasteiger partial charge in [-0.25, -0.2) is 8.78 Å². The van der Waals surface area contributed by atoms with Crippen molar-refractivity contribution >= 4 is 15.9 Å². The Bertz CT molecular complexity index is 295. The van der Waals surface area contributed by atoms with Crippen molar-refractivity contribution in [3.63, 3.8) is 0 Å². The molecule has 1 rings (SSSR count). The van der Waals surface area contributed by atoms with Crippen LogP contribution in [0.3, 0.4) is 0 Å². The minimum Gasteiger partial charge on any atom is -0.207 e. The molecule has 0 spiro atoms. The molecule has 0 aliphatic carbocycles. The Morgan fingerprint density at radius 3 is 2.64 bits per heavy atom. The van der Waals surface area contributed by atoms with Crippen molar-refractivity contribution in [3.8, 4) is 0 Å². The Morgan fingerprint density at radius 1 is 1.36 bits per heavy atom. The third-order valence-electron chi connectivity index (χ3n) is 2.31. The molecule has 0 saturated carbocycles. The number of halogens is 3. The van der Waals surface area contributed by atoms with Gasteiger partial charge >= 0.3 is 0 Å². The van der Waals surface area contributed by atoms with Crippen molar-refractivity contribution in [1.82, 2.24) is 0 Å². The molecular formula is C11H13BrF2. The van der Waals surface area contributed by atoms with Gasteiger partial charge in [-0.05, 0) is 36.1 Å². The van der Waals surface area contributed by atoms with Crippen LogP contribution in [0.15, 0.2) is 18.2 Å². The topological polar surface area (TPSA) is 0 Å². The van der Waals surface area contributed by atoms with Crippen LogP contribution in [0, 0.1) is 17.6 Å². The van der Waals surface area contributed by atoms with E-state index in [1.54, 1.807) is 0 Å². The first-order valence-corrected chi connectivity index (χ1v) is 5.79. The van der Waals surface area contributed by atoms with Crippen LogP contribution in [0.5, 0.6) is 0 Å². The summed E-state index contributed by atoms with van der Waals surface area (Å²) in [4.78, 5) is 0. The summed E-state index contributed by atoms with van der Waals surface area (Å²) >= 11 is 3.36. The maximum Gasteiger partial charge on any atom is 0.126 e. The molecule has 0 bridgehead atoms. The van der Waals surface area contributed by atoms with Gasteiger partial charge in [0.25, 0.3) is 0 Å². The first-order chi connectivity index (χ1) is 6.67. The fourth-order valence-corrected chi connectivity index (χ4v) is 2.01. The van der Waals surface area contributed by atoms with Crippen molar-refractivity contribution in [2.45, 2.75) is 19.8 Å². The molecule has 3 heteroatoms. The van der Waals surface area contributed by atoms with E-state index >= 15 is 0 Å². The highest BCUT2D eigenvalue weighted by Gasteiger charge is 2.10. The first kappa shape index (κ1) is 11.6. The molecule has 1 aromatic carbocycles. The molecule has 1 aromatic rings. The number of hydrogen-bond acceptors (Lipinski definition) is 0. The molecule has 0 heterocycles. The third kappa shape index (κ3) is 3.05. The second kappa shape index (κ2) is 5.44. The van der Waals surface area contributed by atoms with E-state index in [-0.39, 0.29) is 11.6 Å². The molecular weight excluding hydrogens is 250 g/mol. The molecule has 0 saturated heterocycles. The lowest BCUT2D eigenvalue weighted by Gasteiger charge is -2.11. The molecule has 78 valence electrons. The average Bonchev–Trinajstić information content (AvgIpc) is 2.19. The zero-order valence-corrected chi connectivity index (χ0v) is 9.65. The Labute approximate surface area is 91.5 Å². The fourth-order valence-electron chi connectivity index (χ4n) is 1.32. The van der Waals surface area contributed by atoms with Gasteiger partial charge in [0.05, 0.1) is 0 Å². The van der Waals surface area contributed by atoms with E-state index in [1.807, 2.05) is 6.92 Å². The summed E-state index contributed by atoms with van der Waals surface area (Å²) in [5, 5.41) is 0.819. The Morgan fingerprint density at radius 2 is 2.07 bits per heavy atom. The standard InChI is InChI=1S/C11H13BrF2/c1-2-8(7-12)5-9-6-10(13)3-4-11(9)14/h3-4,6,8H,2,5,7H2,1H3. The van der Waals surface area contributed by atoms with Crippen molar-refractivity contribution in [2.75, 3.05) is 5.33 Å². The predicted octanol–water partition coefficient (Wildman–Crippen LogP) is 3.93. The number of hydrogen-bond donors (Lipinski definition) is 0. The molecule has 0 N–H and O–H groups in total. The summed E-state index contributed by atoms with van der Waals surface area (Å²) in [6.45, 7) is 2.04. The highest BCUT2D eigenvalue weighted by molar-refractivity contribution is 9.09. The van der Waals surface area contributed by atoms with Gasteiger partial charge in [0.15, 0.2) is 0 Å². The molecule has 0 aliphatic heterocycles. The lowest BCUT2D eigenvalue weighted by Crippen LogP contribution is -2.06. The first-order valence-electron chi connectivity index (χ1n) is 4.67. The van der Waals surface area contributed by atoms with Crippen LogP contribution in [0.1, 0.15) is 18.9 Å². The average molecular weight is 263 g/mol.